The largest absolute Gasteiger partial charge is 0.482 e. The van der Waals surface area contributed by atoms with Crippen LogP contribution in [0.2, 0.25) is 10.0 Å². The van der Waals surface area contributed by atoms with E-state index in [-0.39, 0.29) is 29.9 Å². The maximum absolute atomic E-state index is 12.4. The monoisotopic (exact) mass is 434 g/mol. The first-order valence-electron chi connectivity index (χ1n) is 8.60. The molecule has 0 radical (unpaired) electrons. The smallest absolute Gasteiger partial charge is 0.260 e. The normalized spacial score (nSPS) is 21.9. The van der Waals surface area contributed by atoms with Gasteiger partial charge in [-0.25, -0.2) is 8.42 Å². The van der Waals surface area contributed by atoms with E-state index in [2.05, 4.69) is 0 Å². The van der Waals surface area contributed by atoms with Gasteiger partial charge in [-0.3, -0.25) is 9.59 Å². The van der Waals surface area contributed by atoms with Crippen LogP contribution in [0.3, 0.4) is 0 Å². The summed E-state index contributed by atoms with van der Waals surface area (Å²) in [6, 6.07) is 4.77. The average Bonchev–Trinajstić information content (AvgIpc) is 3.00. The average molecular weight is 435 g/mol. The number of piperazine rings is 1. The molecule has 2 aliphatic heterocycles. The molecule has 7 nitrogen and oxygen atoms in total. The first kappa shape index (κ1) is 20.2. The Hall–Kier alpha value is -1.51. The molecular weight excluding hydrogens is 415 g/mol. The molecule has 2 aliphatic rings. The molecular formula is C17H20Cl2N2O5S. The summed E-state index contributed by atoms with van der Waals surface area (Å²) in [5.41, 5.74) is 0. The second-order valence-electron chi connectivity index (χ2n) is 6.67. The molecule has 27 heavy (non-hydrogen) atoms. The number of halogens is 2. The third-order valence-corrected chi connectivity index (χ3v) is 7.07. The molecule has 0 saturated carbocycles. The highest BCUT2D eigenvalue weighted by atomic mass is 35.5. The Bertz CT molecular complexity index is 838. The van der Waals surface area contributed by atoms with Crippen molar-refractivity contribution >= 4 is 44.9 Å². The molecule has 1 atom stereocenters. The summed E-state index contributed by atoms with van der Waals surface area (Å²) in [7, 11) is -3.09. The molecule has 10 heteroatoms. The van der Waals surface area contributed by atoms with Gasteiger partial charge in [-0.2, -0.15) is 0 Å². The number of rotatable bonds is 4. The zero-order chi connectivity index (χ0) is 19.6. The van der Waals surface area contributed by atoms with E-state index in [0.717, 1.165) is 0 Å². The van der Waals surface area contributed by atoms with Crippen molar-refractivity contribution < 1.29 is 22.7 Å². The Morgan fingerprint density at radius 3 is 2.37 bits per heavy atom. The van der Waals surface area contributed by atoms with E-state index in [1.807, 2.05) is 0 Å². The summed E-state index contributed by atoms with van der Waals surface area (Å²) in [5, 5.41) is 0.812. The number of amides is 2. The minimum absolute atomic E-state index is 0.0688. The van der Waals surface area contributed by atoms with Crippen LogP contribution in [0.15, 0.2) is 18.2 Å². The van der Waals surface area contributed by atoms with Crippen LogP contribution in [0.1, 0.15) is 6.42 Å². The molecule has 0 spiro atoms. The van der Waals surface area contributed by atoms with Crippen LogP contribution in [-0.2, 0) is 19.4 Å². The van der Waals surface area contributed by atoms with E-state index in [9.17, 15) is 18.0 Å². The SMILES string of the molecule is O=C(COc1ccc(Cl)cc1Cl)N1CCN(C(=O)C2CCS(=O)(=O)C2)CC1. The third-order valence-electron chi connectivity index (χ3n) is 4.77. The molecule has 3 rings (SSSR count). The molecule has 0 bridgehead atoms. The summed E-state index contributed by atoms with van der Waals surface area (Å²) in [5.74, 6) is -0.394. The highest BCUT2D eigenvalue weighted by molar-refractivity contribution is 7.91. The number of hydrogen-bond acceptors (Lipinski definition) is 5. The van der Waals surface area contributed by atoms with Crippen LogP contribution in [0, 0.1) is 5.92 Å². The second kappa shape index (κ2) is 8.24. The zero-order valence-corrected chi connectivity index (χ0v) is 16.9. The van der Waals surface area contributed by atoms with E-state index in [0.29, 0.717) is 48.4 Å². The van der Waals surface area contributed by atoms with Gasteiger partial charge in [0.2, 0.25) is 5.91 Å². The molecule has 0 aliphatic carbocycles. The Kier molecular flexibility index (Phi) is 6.18. The van der Waals surface area contributed by atoms with Crippen molar-refractivity contribution in [1.82, 2.24) is 9.80 Å². The van der Waals surface area contributed by atoms with Gasteiger partial charge in [-0.15, -0.1) is 0 Å². The van der Waals surface area contributed by atoms with Gasteiger partial charge in [0.25, 0.3) is 5.91 Å². The van der Waals surface area contributed by atoms with Gasteiger partial charge in [0.1, 0.15) is 5.75 Å². The van der Waals surface area contributed by atoms with Crippen molar-refractivity contribution in [2.45, 2.75) is 6.42 Å². The molecule has 148 valence electrons. The maximum atomic E-state index is 12.4. The fourth-order valence-corrected chi connectivity index (χ4v) is 5.44. The van der Waals surface area contributed by atoms with E-state index in [1.54, 1.807) is 21.9 Å². The predicted octanol–water partition coefficient (Wildman–Crippen LogP) is 1.48. The van der Waals surface area contributed by atoms with E-state index >= 15 is 0 Å². The van der Waals surface area contributed by atoms with Crippen molar-refractivity contribution in [3.05, 3.63) is 28.2 Å². The second-order valence-corrected chi connectivity index (χ2v) is 9.74. The molecule has 2 heterocycles. The van der Waals surface area contributed by atoms with Gasteiger partial charge in [-0.1, -0.05) is 23.2 Å². The lowest BCUT2D eigenvalue weighted by Crippen LogP contribution is -2.53. The molecule has 2 amide bonds. The van der Waals surface area contributed by atoms with E-state index in [1.165, 1.54) is 6.07 Å². The van der Waals surface area contributed by atoms with E-state index in [4.69, 9.17) is 27.9 Å². The first-order chi connectivity index (χ1) is 12.7. The number of carbonyl (C=O) groups excluding carboxylic acids is 2. The Balaban J connectivity index is 1.47. The Labute approximate surface area is 168 Å². The molecule has 0 aromatic heterocycles. The molecule has 1 aromatic rings. The number of sulfone groups is 1. The molecule has 1 aromatic carbocycles. The number of carbonyl (C=O) groups is 2. The van der Waals surface area contributed by atoms with Gasteiger partial charge >= 0.3 is 0 Å². The van der Waals surface area contributed by atoms with Crippen LogP contribution in [0.25, 0.3) is 0 Å². The maximum Gasteiger partial charge on any atom is 0.260 e. The molecule has 2 fully saturated rings. The first-order valence-corrected chi connectivity index (χ1v) is 11.2. The lowest BCUT2D eigenvalue weighted by Gasteiger charge is -2.35. The molecule has 2 saturated heterocycles. The van der Waals surface area contributed by atoms with Gasteiger partial charge < -0.3 is 14.5 Å². The van der Waals surface area contributed by atoms with Crippen molar-refractivity contribution in [1.29, 1.82) is 0 Å². The zero-order valence-electron chi connectivity index (χ0n) is 14.6. The van der Waals surface area contributed by atoms with Gasteiger partial charge in [0.15, 0.2) is 16.4 Å². The van der Waals surface area contributed by atoms with Gasteiger partial charge in [0.05, 0.1) is 22.4 Å². The predicted molar refractivity (Wildman–Crippen MR) is 102 cm³/mol. The summed E-state index contributed by atoms with van der Waals surface area (Å²) >= 11 is 11.8. The quantitative estimate of drug-likeness (QED) is 0.716. The van der Waals surface area contributed by atoms with Gasteiger partial charge in [-0.05, 0) is 24.6 Å². The van der Waals surface area contributed by atoms with Gasteiger partial charge in [0, 0.05) is 31.2 Å². The Morgan fingerprint density at radius 2 is 1.78 bits per heavy atom. The number of benzene rings is 1. The fourth-order valence-electron chi connectivity index (χ4n) is 3.25. The van der Waals surface area contributed by atoms with Crippen molar-refractivity contribution in [2.24, 2.45) is 5.92 Å². The minimum Gasteiger partial charge on any atom is -0.482 e. The van der Waals surface area contributed by atoms with E-state index < -0.39 is 15.8 Å². The van der Waals surface area contributed by atoms with Crippen LogP contribution >= 0.6 is 23.2 Å². The standard InChI is InChI=1S/C17H20Cl2N2O5S/c18-13-1-2-15(14(19)9-13)26-10-16(22)20-4-6-21(7-5-20)17(23)12-3-8-27(24,25)11-12/h1-2,9,12H,3-8,10-11H2. The number of ether oxygens (including phenoxy) is 1. The number of hydrogen-bond donors (Lipinski definition) is 0. The highest BCUT2D eigenvalue weighted by Crippen LogP contribution is 2.27. The lowest BCUT2D eigenvalue weighted by atomic mass is 10.1. The molecule has 0 N–H and O–H groups in total. The Morgan fingerprint density at radius 1 is 1.11 bits per heavy atom. The lowest BCUT2D eigenvalue weighted by molar-refractivity contribution is -0.142. The number of nitrogens with zero attached hydrogens (tertiary/aromatic N) is 2. The summed E-state index contributed by atoms with van der Waals surface area (Å²) in [6.45, 7) is 1.41. The highest BCUT2D eigenvalue weighted by Gasteiger charge is 2.36. The van der Waals surface area contributed by atoms with Crippen LogP contribution in [-0.4, -0.2) is 74.3 Å². The van der Waals surface area contributed by atoms with Crippen LogP contribution in [0.4, 0.5) is 0 Å². The molecule has 1 unspecified atom stereocenters. The van der Waals surface area contributed by atoms with Crippen molar-refractivity contribution in [3.63, 3.8) is 0 Å². The van der Waals surface area contributed by atoms with Crippen LogP contribution in [0.5, 0.6) is 5.75 Å². The third kappa shape index (κ3) is 5.06. The van der Waals surface area contributed by atoms with Crippen LogP contribution < -0.4 is 4.74 Å². The summed E-state index contributed by atoms with van der Waals surface area (Å²) in [6.07, 6.45) is 0.385. The summed E-state index contributed by atoms with van der Waals surface area (Å²) in [4.78, 5) is 28.0. The topological polar surface area (TPSA) is 84.0 Å². The fraction of sp³-hybridized carbons (Fsp3) is 0.529. The van der Waals surface area contributed by atoms with Crippen molar-refractivity contribution in [2.75, 3.05) is 44.3 Å². The van der Waals surface area contributed by atoms with Crippen molar-refractivity contribution in [3.8, 4) is 5.75 Å². The minimum atomic E-state index is -3.09. The summed E-state index contributed by atoms with van der Waals surface area (Å²) < 4.78 is 28.5.